The molecule has 4 aromatic rings. The highest BCUT2D eigenvalue weighted by molar-refractivity contribution is 7.86. The molecule has 0 spiro atoms. The van der Waals surface area contributed by atoms with E-state index in [0.717, 1.165) is 21.6 Å². The zero-order chi connectivity index (χ0) is 24.9. The maximum absolute atomic E-state index is 13.6. The molecule has 0 bridgehead atoms. The van der Waals surface area contributed by atoms with Gasteiger partial charge in [-0.2, -0.15) is 0 Å². The molecule has 4 aromatic carbocycles. The number of hydrogen-bond acceptors (Lipinski definition) is 2. The van der Waals surface area contributed by atoms with Gasteiger partial charge in [0.2, 0.25) is 0 Å². The Balaban J connectivity index is 1.57. The first-order chi connectivity index (χ1) is 17.7. The molecule has 36 heavy (non-hydrogen) atoms. The monoisotopic (exact) mass is 508 g/mol. The summed E-state index contributed by atoms with van der Waals surface area (Å²) in [7, 11) is -0.262. The first-order valence-corrected chi connectivity index (χ1v) is 14.6. The SMILES string of the molecule is CO[C@H](C1=CC=CC1S(=O)c1ccc(C)cc1)c1ccccc1P(c1ccccc1)c1ccccc1. The number of ether oxygens (including phenoxy) is 1. The fourth-order valence-corrected chi connectivity index (χ4v) is 8.52. The van der Waals surface area contributed by atoms with Gasteiger partial charge in [0.05, 0.1) is 16.0 Å². The van der Waals surface area contributed by atoms with Crippen LogP contribution in [0.3, 0.4) is 0 Å². The zero-order valence-corrected chi connectivity index (χ0v) is 22.2. The molecule has 1 aliphatic carbocycles. The smallest absolute Gasteiger partial charge is 0.106 e. The van der Waals surface area contributed by atoms with E-state index in [0.29, 0.717) is 0 Å². The lowest BCUT2D eigenvalue weighted by molar-refractivity contribution is 0.133. The van der Waals surface area contributed by atoms with Crippen molar-refractivity contribution in [2.75, 3.05) is 7.11 Å². The second-order valence-electron chi connectivity index (χ2n) is 8.76. The molecule has 0 fully saturated rings. The van der Waals surface area contributed by atoms with Gasteiger partial charge in [-0.3, -0.25) is 4.21 Å². The second kappa shape index (κ2) is 11.3. The van der Waals surface area contributed by atoms with Gasteiger partial charge in [-0.1, -0.05) is 121 Å². The van der Waals surface area contributed by atoms with Crippen LogP contribution in [0.25, 0.3) is 0 Å². The average molecular weight is 509 g/mol. The van der Waals surface area contributed by atoms with Crippen molar-refractivity contribution in [1.82, 2.24) is 0 Å². The third-order valence-electron chi connectivity index (χ3n) is 6.41. The van der Waals surface area contributed by atoms with E-state index >= 15 is 0 Å². The van der Waals surface area contributed by atoms with Crippen molar-refractivity contribution in [3.8, 4) is 0 Å². The number of rotatable bonds is 8. The normalized spacial score (nSPS) is 16.6. The van der Waals surface area contributed by atoms with Crippen LogP contribution in [0.1, 0.15) is 17.2 Å². The summed E-state index contributed by atoms with van der Waals surface area (Å²) in [6.07, 6.45) is 5.83. The number of allylic oxidation sites excluding steroid dienone is 2. The lowest BCUT2D eigenvalue weighted by Gasteiger charge is -2.28. The highest BCUT2D eigenvalue weighted by atomic mass is 32.2. The van der Waals surface area contributed by atoms with Crippen LogP contribution >= 0.6 is 7.92 Å². The molecule has 0 heterocycles. The van der Waals surface area contributed by atoms with Gasteiger partial charge in [0.25, 0.3) is 0 Å². The molecule has 4 heteroatoms. The van der Waals surface area contributed by atoms with E-state index in [4.69, 9.17) is 4.74 Å². The fraction of sp³-hybridized carbons (Fsp3) is 0.125. The Kier molecular flexibility index (Phi) is 7.72. The van der Waals surface area contributed by atoms with Crippen LogP contribution in [0.15, 0.2) is 138 Å². The van der Waals surface area contributed by atoms with Crippen LogP contribution in [0.2, 0.25) is 0 Å². The molecule has 0 radical (unpaired) electrons. The molecule has 5 rings (SSSR count). The molecule has 2 unspecified atom stereocenters. The Hall–Kier alpha value is -3.10. The first kappa shape index (κ1) is 24.6. The summed E-state index contributed by atoms with van der Waals surface area (Å²) in [5, 5.41) is 3.61. The van der Waals surface area contributed by atoms with E-state index in [9.17, 15) is 4.21 Å². The van der Waals surface area contributed by atoms with Gasteiger partial charge in [0.1, 0.15) is 6.10 Å². The maximum atomic E-state index is 13.6. The molecule has 0 saturated carbocycles. The van der Waals surface area contributed by atoms with Crippen molar-refractivity contribution in [3.63, 3.8) is 0 Å². The van der Waals surface area contributed by atoms with Crippen LogP contribution in [0.4, 0.5) is 0 Å². The summed E-state index contributed by atoms with van der Waals surface area (Å²) in [5.41, 5.74) is 3.31. The van der Waals surface area contributed by atoms with Gasteiger partial charge >= 0.3 is 0 Å². The molecular formula is C32H29O2PS. The molecule has 0 amide bonds. The number of benzene rings is 4. The van der Waals surface area contributed by atoms with Crippen molar-refractivity contribution in [2.45, 2.75) is 23.2 Å². The third kappa shape index (κ3) is 5.06. The summed E-state index contributed by atoms with van der Waals surface area (Å²) in [5.74, 6) is 0. The zero-order valence-electron chi connectivity index (χ0n) is 20.5. The number of aryl methyl sites for hydroxylation is 1. The van der Waals surface area contributed by atoms with Crippen LogP contribution in [0.5, 0.6) is 0 Å². The van der Waals surface area contributed by atoms with Crippen molar-refractivity contribution in [3.05, 3.63) is 144 Å². The summed E-state index contributed by atoms with van der Waals surface area (Å²) in [4.78, 5) is 0.835. The van der Waals surface area contributed by atoms with Gasteiger partial charge < -0.3 is 4.74 Å². The summed E-state index contributed by atoms with van der Waals surface area (Å²) in [6.45, 7) is 2.04. The van der Waals surface area contributed by atoms with E-state index in [2.05, 4.69) is 91.0 Å². The molecule has 1 aliphatic rings. The quantitative estimate of drug-likeness (QED) is 0.268. The third-order valence-corrected chi connectivity index (χ3v) is 10.6. The van der Waals surface area contributed by atoms with Gasteiger partial charge in [-0.05, 0) is 54.0 Å². The average Bonchev–Trinajstić information content (AvgIpc) is 3.41. The fourth-order valence-electron chi connectivity index (χ4n) is 4.66. The lowest BCUT2D eigenvalue weighted by atomic mass is 10.0. The first-order valence-electron chi connectivity index (χ1n) is 12.0. The lowest BCUT2D eigenvalue weighted by Crippen LogP contribution is -2.27. The molecule has 2 nitrogen and oxygen atoms in total. The summed E-state index contributed by atoms with van der Waals surface area (Å²) >= 11 is 0. The Morgan fingerprint density at radius 2 is 1.36 bits per heavy atom. The highest BCUT2D eigenvalue weighted by Crippen LogP contribution is 2.40. The Bertz CT molecular complexity index is 1360. The van der Waals surface area contributed by atoms with Crippen molar-refractivity contribution < 1.29 is 8.95 Å². The maximum Gasteiger partial charge on any atom is 0.106 e. The minimum atomic E-state index is -1.21. The molecule has 180 valence electrons. The van der Waals surface area contributed by atoms with Crippen LogP contribution in [-0.4, -0.2) is 16.6 Å². The highest BCUT2D eigenvalue weighted by Gasteiger charge is 2.32. The van der Waals surface area contributed by atoms with Gasteiger partial charge in [0, 0.05) is 12.0 Å². The van der Waals surface area contributed by atoms with E-state index in [1.807, 2.05) is 43.3 Å². The number of hydrogen-bond donors (Lipinski definition) is 0. The van der Waals surface area contributed by atoms with E-state index in [-0.39, 0.29) is 11.4 Å². The molecular weight excluding hydrogens is 479 g/mol. The predicted octanol–water partition coefficient (Wildman–Crippen LogP) is 6.11. The standard InChI is InChI=1S/C32H29O2PS/c1-24-20-22-27(23-21-24)36(33)31-19-11-17-29(31)32(34-2)28-16-9-10-18-30(28)35(25-12-5-3-6-13-25)26-14-7-4-8-15-26/h3-23,31-32H,1-2H3/t31?,32-,36?/m0/s1. The summed E-state index contributed by atoms with van der Waals surface area (Å²) < 4.78 is 19.8. The van der Waals surface area contributed by atoms with Crippen LogP contribution in [-0.2, 0) is 15.5 Å². The predicted molar refractivity (Wildman–Crippen MR) is 153 cm³/mol. The van der Waals surface area contributed by atoms with Gasteiger partial charge in [-0.25, -0.2) is 0 Å². The van der Waals surface area contributed by atoms with Crippen molar-refractivity contribution >= 4 is 34.6 Å². The molecule has 0 saturated heterocycles. The largest absolute Gasteiger partial charge is 0.372 e. The Morgan fingerprint density at radius 3 is 1.97 bits per heavy atom. The second-order valence-corrected chi connectivity index (χ2v) is 12.5. The van der Waals surface area contributed by atoms with E-state index in [1.165, 1.54) is 15.9 Å². The van der Waals surface area contributed by atoms with Crippen molar-refractivity contribution in [2.24, 2.45) is 0 Å². The minimum absolute atomic E-state index is 0.231. The minimum Gasteiger partial charge on any atom is -0.372 e. The Morgan fingerprint density at radius 1 is 0.778 bits per heavy atom. The van der Waals surface area contributed by atoms with Crippen LogP contribution < -0.4 is 15.9 Å². The Labute approximate surface area is 217 Å². The molecule has 0 N–H and O–H groups in total. The van der Waals surface area contributed by atoms with Crippen LogP contribution in [0, 0.1) is 6.92 Å². The van der Waals surface area contributed by atoms with Crippen molar-refractivity contribution in [1.29, 1.82) is 0 Å². The molecule has 3 atom stereocenters. The van der Waals surface area contributed by atoms with E-state index in [1.54, 1.807) is 7.11 Å². The van der Waals surface area contributed by atoms with Gasteiger partial charge in [0.15, 0.2) is 0 Å². The topological polar surface area (TPSA) is 26.3 Å². The molecule has 0 aliphatic heterocycles. The summed E-state index contributed by atoms with van der Waals surface area (Å²) in [6, 6.07) is 37.9. The molecule has 0 aromatic heterocycles. The van der Waals surface area contributed by atoms with E-state index < -0.39 is 18.7 Å². The number of methoxy groups -OCH3 is 1. The van der Waals surface area contributed by atoms with Gasteiger partial charge in [-0.15, -0.1) is 0 Å².